The van der Waals surface area contributed by atoms with Gasteiger partial charge in [-0.3, -0.25) is 9.59 Å². The zero-order valence-corrected chi connectivity index (χ0v) is 27.7. The third-order valence-corrected chi connectivity index (χ3v) is 8.85. The van der Waals surface area contributed by atoms with Crippen molar-refractivity contribution in [3.8, 4) is 0 Å². The molecule has 1 aromatic carbocycles. The molecule has 4 N–H and O–H groups in total. The van der Waals surface area contributed by atoms with Gasteiger partial charge in [0, 0.05) is 24.4 Å². The summed E-state index contributed by atoms with van der Waals surface area (Å²) in [7, 11) is 2.32. The summed E-state index contributed by atoms with van der Waals surface area (Å²) in [5.74, 6) is 2.22. The molecule has 45 heavy (non-hydrogen) atoms. The Morgan fingerprint density at radius 1 is 1.04 bits per heavy atom. The molecule has 14 nitrogen and oxygen atoms in total. The van der Waals surface area contributed by atoms with E-state index in [1.54, 1.807) is 4.90 Å². The monoisotopic (exact) mass is 692 g/mol. The van der Waals surface area contributed by atoms with E-state index in [9.17, 15) is 19.2 Å². The van der Waals surface area contributed by atoms with Gasteiger partial charge in [-0.25, -0.2) is 9.97 Å². The summed E-state index contributed by atoms with van der Waals surface area (Å²) in [5, 5.41) is 0. The first kappa shape index (κ1) is 36.0. The maximum atomic E-state index is 11.6. The van der Waals surface area contributed by atoms with E-state index in [1.165, 1.54) is 12.8 Å². The predicted molar refractivity (Wildman–Crippen MR) is 154 cm³/mol. The van der Waals surface area contributed by atoms with Gasteiger partial charge in [0.05, 0.1) is 37.3 Å². The number of amides is 4. The number of carbonyl (C=O) groups is 2. The number of aromatic nitrogens is 4. The van der Waals surface area contributed by atoms with E-state index in [1.807, 2.05) is 17.2 Å². The van der Waals surface area contributed by atoms with Crippen LogP contribution in [0.1, 0.15) is 73.5 Å². The van der Waals surface area contributed by atoms with Crippen LogP contribution in [-0.4, -0.2) is 81.5 Å². The van der Waals surface area contributed by atoms with E-state index in [0.717, 1.165) is 86.8 Å². The number of benzene rings is 1. The fourth-order valence-corrected chi connectivity index (χ4v) is 6.59. The molecule has 2 aromatic heterocycles. The normalized spacial score (nSPS) is 23.1. The van der Waals surface area contributed by atoms with Crippen LogP contribution < -0.4 is 0 Å². The van der Waals surface area contributed by atoms with Gasteiger partial charge in [-0.15, -0.1) is 0 Å². The molecule has 2 radical (unpaired) electrons. The van der Waals surface area contributed by atoms with Crippen LogP contribution in [0.3, 0.4) is 0 Å². The summed E-state index contributed by atoms with van der Waals surface area (Å²) < 4.78 is 7.56. The van der Waals surface area contributed by atoms with Gasteiger partial charge in [-0.05, 0) is 74.1 Å². The van der Waals surface area contributed by atoms with Gasteiger partial charge in [0.2, 0.25) is 12.2 Å². The van der Waals surface area contributed by atoms with E-state index in [-0.39, 0.29) is 49.2 Å². The quantitative estimate of drug-likeness (QED) is 0.347. The van der Waals surface area contributed by atoms with Gasteiger partial charge in [-0.2, -0.15) is 12.8 Å². The minimum atomic E-state index is -0.995. The van der Waals surface area contributed by atoms with Crippen molar-refractivity contribution in [2.45, 2.75) is 63.1 Å². The number of likely N-dealkylation sites (tertiary alicyclic amines) is 2. The third-order valence-electron chi connectivity index (χ3n) is 8.85. The maximum absolute atomic E-state index is 11.6. The van der Waals surface area contributed by atoms with Gasteiger partial charge in [0.15, 0.2) is 0 Å². The van der Waals surface area contributed by atoms with Crippen molar-refractivity contribution in [2.24, 2.45) is 11.3 Å². The van der Waals surface area contributed by atoms with Crippen molar-refractivity contribution in [2.75, 3.05) is 20.8 Å². The molecule has 4 fully saturated rings. The molecular formula is C29H34N8O6V2. The fourth-order valence-electron chi connectivity index (χ4n) is 6.59. The average Bonchev–Trinajstić information content (AvgIpc) is 3.57. The summed E-state index contributed by atoms with van der Waals surface area (Å²) in [6.07, 6.45) is 11.6. The van der Waals surface area contributed by atoms with Gasteiger partial charge in [0.1, 0.15) is 11.6 Å². The fraction of sp³-hybridized carbons (Fsp3) is 0.517. The number of fused-ring (bicyclic) bond motifs is 3. The number of nitrogens with zero attached hydrogens (tertiary/aromatic N) is 4. The minimum Gasteiger partial charge on any atom is -0.632 e. The second-order valence-corrected chi connectivity index (χ2v) is 11.5. The number of methoxy groups -OCH3 is 2. The molecular weight excluding hydrogens is 658 g/mol. The first-order chi connectivity index (χ1) is 20.7. The molecule has 2 aliphatic heterocycles. The van der Waals surface area contributed by atoms with Gasteiger partial charge in [-0.1, -0.05) is 6.07 Å². The number of rotatable bonds is 6. The van der Waals surface area contributed by atoms with Crippen molar-refractivity contribution in [3.05, 3.63) is 58.8 Å². The van der Waals surface area contributed by atoms with Gasteiger partial charge in [0.25, 0.3) is 0 Å². The van der Waals surface area contributed by atoms with Gasteiger partial charge >= 0.3 is 37.1 Å². The summed E-state index contributed by atoms with van der Waals surface area (Å²) in [4.78, 5) is 61.5. The van der Waals surface area contributed by atoms with Crippen LogP contribution in [0.5, 0.6) is 0 Å². The van der Waals surface area contributed by atoms with Crippen LogP contribution in [-0.2, 0) is 62.6 Å². The first-order valence-corrected chi connectivity index (χ1v) is 14.1. The summed E-state index contributed by atoms with van der Waals surface area (Å²) >= 11 is 0. The zero-order chi connectivity index (χ0) is 30.7. The van der Waals surface area contributed by atoms with Crippen molar-refractivity contribution in [1.29, 1.82) is 0 Å². The van der Waals surface area contributed by atoms with Gasteiger partial charge < -0.3 is 50.3 Å². The van der Waals surface area contributed by atoms with Crippen LogP contribution in [0.2, 0.25) is 0 Å². The summed E-state index contributed by atoms with van der Waals surface area (Å²) in [5.41, 5.74) is 16.3. The van der Waals surface area contributed by atoms with E-state index in [2.05, 4.69) is 49.4 Å². The zero-order valence-electron chi connectivity index (χ0n) is 24.9. The Bertz CT molecular complexity index is 1480. The van der Waals surface area contributed by atoms with Crippen LogP contribution in [0.4, 0.5) is 9.59 Å². The second-order valence-electron chi connectivity index (χ2n) is 11.5. The molecule has 4 amide bonds. The molecule has 3 aromatic rings. The Labute approximate surface area is 284 Å². The molecule has 236 valence electrons. The summed E-state index contributed by atoms with van der Waals surface area (Å²) in [6.45, 7) is 0.803. The number of hydrogen-bond acceptors (Lipinski definition) is 8. The van der Waals surface area contributed by atoms with Crippen LogP contribution in [0.15, 0.2) is 24.4 Å². The van der Waals surface area contributed by atoms with Crippen molar-refractivity contribution in [1.82, 2.24) is 29.7 Å². The molecule has 7 rings (SSSR count). The largest absolute Gasteiger partial charge is 2.00 e. The Balaban J connectivity index is 0.000000405. The number of carbonyl (C=O) groups excluding carboxylic acids is 4. The van der Waals surface area contributed by atoms with E-state index in [0.29, 0.717) is 17.4 Å². The van der Waals surface area contributed by atoms with E-state index in [4.69, 9.17) is 16.5 Å². The second kappa shape index (κ2) is 15.2. The topological polar surface area (TPSA) is 198 Å². The molecule has 1 spiro atoms. The molecule has 16 heteroatoms. The minimum absolute atomic E-state index is 0. The SMILES string of the molecule is COC([NH-])=O.COC([NH-])=O.O=[C-]N1CC2(CC2)C[C@H]1c1ncc(Cc2ccc3nc([C@@H]4[C@@H]5CC[C@H](C5)N4[C-]=O)[nH]c3c2)[nH]1.[V+2].[V+2]. The third kappa shape index (κ3) is 8.04. The average molecular weight is 693 g/mol. The molecule has 0 unspecified atom stereocenters. The molecule has 2 aliphatic carbocycles. The van der Waals surface area contributed by atoms with E-state index < -0.39 is 12.2 Å². The standard InChI is InChI=1S/C25H26N6O2.2C2H5NO2.2V/c32-13-30-12-25(5-6-25)10-21(30)23-26-11-17(27-23)7-15-1-4-19-20(8-15)29-24(28-19)22-16-2-3-18(9-16)31(22)14-33;2*1-5-2(3)4;;/h1,4,8,11,16,18,21-22H,2-3,5-7,9-10,12H2,(H,26,27)(H,28,29);2*1H3,(H2,3,4);;/q-2;;;2*+2/p-2/t16-,18-,21+,22+;;;;/m1..../s1. The molecule has 2 bridgehead atoms. The van der Waals surface area contributed by atoms with Crippen molar-refractivity contribution in [3.63, 3.8) is 0 Å². The first-order valence-electron chi connectivity index (χ1n) is 14.1. The molecule has 2 saturated carbocycles. The Morgan fingerprint density at radius 2 is 1.73 bits per heavy atom. The summed E-state index contributed by atoms with van der Waals surface area (Å²) in [6, 6.07) is 6.62. The number of piperidine rings is 1. The van der Waals surface area contributed by atoms with Crippen LogP contribution in [0.25, 0.3) is 22.5 Å². The molecule has 4 atom stereocenters. The van der Waals surface area contributed by atoms with Crippen molar-refractivity contribution < 1.29 is 65.8 Å². The Morgan fingerprint density at radius 3 is 2.33 bits per heavy atom. The number of nitrogens with one attached hydrogen (secondary N) is 4. The number of ether oxygens (including phenoxy) is 2. The maximum Gasteiger partial charge on any atom is 2.00 e. The predicted octanol–water partition coefficient (Wildman–Crippen LogP) is 4.67. The molecule has 4 heterocycles. The van der Waals surface area contributed by atoms with Crippen LogP contribution >= 0.6 is 0 Å². The smallest absolute Gasteiger partial charge is 0.632 e. The number of hydrogen-bond donors (Lipinski definition) is 2. The number of aromatic amines is 2. The molecule has 2 saturated heterocycles. The Hall–Kier alpha value is -3.45. The van der Waals surface area contributed by atoms with Crippen molar-refractivity contribution >= 4 is 36.0 Å². The molecule has 4 aliphatic rings. The van der Waals surface area contributed by atoms with Crippen LogP contribution in [0, 0.1) is 11.3 Å². The van der Waals surface area contributed by atoms with E-state index >= 15 is 0 Å². The number of imidazole rings is 2. The number of H-pyrrole nitrogens is 2. The Kier molecular flexibility index (Phi) is 12.2.